The standard InChI is InChI=1S/C11H25NO3S/c1-9(2)11(8-15-5)12-6-7-16(13,14)10(3)4/h9-12H,6-8H2,1-5H3. The minimum Gasteiger partial charge on any atom is -0.383 e. The zero-order valence-electron chi connectivity index (χ0n) is 11.0. The Labute approximate surface area is 99.7 Å². The summed E-state index contributed by atoms with van der Waals surface area (Å²) in [5.41, 5.74) is 0. The van der Waals surface area contributed by atoms with Crippen LogP contribution in [0, 0.1) is 5.92 Å². The fraction of sp³-hybridized carbons (Fsp3) is 1.00. The minimum atomic E-state index is -2.94. The molecule has 0 aromatic heterocycles. The maximum Gasteiger partial charge on any atom is 0.153 e. The van der Waals surface area contributed by atoms with E-state index in [1.807, 2.05) is 0 Å². The molecule has 0 bridgehead atoms. The fourth-order valence-electron chi connectivity index (χ4n) is 1.29. The Kier molecular flexibility index (Phi) is 7.19. The van der Waals surface area contributed by atoms with Crippen molar-refractivity contribution in [2.24, 2.45) is 5.92 Å². The van der Waals surface area contributed by atoms with Gasteiger partial charge < -0.3 is 10.1 Å². The molecule has 16 heavy (non-hydrogen) atoms. The molecule has 98 valence electrons. The maximum absolute atomic E-state index is 11.6. The SMILES string of the molecule is COCC(NCCS(=O)(=O)C(C)C)C(C)C. The molecule has 0 saturated carbocycles. The molecule has 4 nitrogen and oxygen atoms in total. The molecule has 0 fully saturated rings. The Morgan fingerprint density at radius 2 is 1.75 bits per heavy atom. The molecule has 1 N–H and O–H groups in total. The lowest BCUT2D eigenvalue weighted by molar-refractivity contribution is 0.148. The number of methoxy groups -OCH3 is 1. The van der Waals surface area contributed by atoms with E-state index in [0.29, 0.717) is 19.1 Å². The van der Waals surface area contributed by atoms with Crippen molar-refractivity contribution in [3.63, 3.8) is 0 Å². The van der Waals surface area contributed by atoms with E-state index in [4.69, 9.17) is 4.74 Å². The van der Waals surface area contributed by atoms with E-state index < -0.39 is 9.84 Å². The van der Waals surface area contributed by atoms with Crippen LogP contribution >= 0.6 is 0 Å². The number of rotatable bonds is 8. The van der Waals surface area contributed by atoms with E-state index in [1.54, 1.807) is 21.0 Å². The highest BCUT2D eigenvalue weighted by Gasteiger charge is 2.17. The van der Waals surface area contributed by atoms with Gasteiger partial charge in [-0.25, -0.2) is 8.42 Å². The number of nitrogens with one attached hydrogen (secondary N) is 1. The lowest BCUT2D eigenvalue weighted by Gasteiger charge is -2.21. The number of sulfone groups is 1. The summed E-state index contributed by atoms with van der Waals surface area (Å²) in [6.07, 6.45) is 0. The van der Waals surface area contributed by atoms with Gasteiger partial charge in [-0.05, 0) is 19.8 Å². The second-order valence-corrected chi connectivity index (χ2v) is 7.35. The molecule has 0 amide bonds. The Bertz CT molecular complexity index is 273. The lowest BCUT2D eigenvalue weighted by atomic mass is 10.1. The van der Waals surface area contributed by atoms with Crippen LogP contribution in [-0.4, -0.2) is 45.7 Å². The predicted molar refractivity (Wildman–Crippen MR) is 67.4 cm³/mol. The van der Waals surface area contributed by atoms with Crippen LogP contribution in [0.5, 0.6) is 0 Å². The number of ether oxygens (including phenoxy) is 1. The van der Waals surface area contributed by atoms with Crippen LogP contribution in [0.4, 0.5) is 0 Å². The van der Waals surface area contributed by atoms with E-state index >= 15 is 0 Å². The molecular weight excluding hydrogens is 226 g/mol. The van der Waals surface area contributed by atoms with Gasteiger partial charge in [-0.15, -0.1) is 0 Å². The van der Waals surface area contributed by atoms with Crippen LogP contribution in [0.1, 0.15) is 27.7 Å². The molecule has 0 rings (SSSR count). The molecule has 0 saturated heterocycles. The summed E-state index contributed by atoms with van der Waals surface area (Å²) >= 11 is 0. The van der Waals surface area contributed by atoms with Crippen LogP contribution in [0.3, 0.4) is 0 Å². The van der Waals surface area contributed by atoms with Gasteiger partial charge in [-0.2, -0.15) is 0 Å². The van der Waals surface area contributed by atoms with Crippen LogP contribution in [0.25, 0.3) is 0 Å². The minimum absolute atomic E-state index is 0.192. The van der Waals surface area contributed by atoms with Gasteiger partial charge >= 0.3 is 0 Å². The highest BCUT2D eigenvalue weighted by atomic mass is 32.2. The second kappa shape index (κ2) is 7.25. The topological polar surface area (TPSA) is 55.4 Å². The highest BCUT2D eigenvalue weighted by Crippen LogP contribution is 2.03. The van der Waals surface area contributed by atoms with Gasteiger partial charge in [0.05, 0.1) is 17.6 Å². The van der Waals surface area contributed by atoms with Crippen molar-refractivity contribution >= 4 is 9.84 Å². The van der Waals surface area contributed by atoms with E-state index in [-0.39, 0.29) is 17.0 Å². The third kappa shape index (κ3) is 5.82. The molecule has 1 unspecified atom stereocenters. The van der Waals surface area contributed by atoms with Crippen molar-refractivity contribution in [2.45, 2.75) is 39.0 Å². The van der Waals surface area contributed by atoms with Gasteiger partial charge in [0, 0.05) is 19.7 Å². The largest absolute Gasteiger partial charge is 0.383 e. The van der Waals surface area contributed by atoms with Crippen molar-refractivity contribution in [1.29, 1.82) is 0 Å². The average Bonchev–Trinajstić information content (AvgIpc) is 2.15. The van der Waals surface area contributed by atoms with Crippen molar-refractivity contribution in [3.05, 3.63) is 0 Å². The molecule has 0 aliphatic heterocycles. The number of hydrogen-bond donors (Lipinski definition) is 1. The summed E-state index contributed by atoms with van der Waals surface area (Å²) < 4.78 is 28.2. The maximum atomic E-state index is 11.6. The van der Waals surface area contributed by atoms with Crippen LogP contribution in [-0.2, 0) is 14.6 Å². The fourth-order valence-corrected chi connectivity index (χ4v) is 2.16. The van der Waals surface area contributed by atoms with Gasteiger partial charge in [0.2, 0.25) is 0 Å². The molecule has 0 aliphatic rings. The van der Waals surface area contributed by atoms with Crippen molar-refractivity contribution < 1.29 is 13.2 Å². The Morgan fingerprint density at radius 3 is 2.12 bits per heavy atom. The van der Waals surface area contributed by atoms with E-state index in [2.05, 4.69) is 19.2 Å². The summed E-state index contributed by atoms with van der Waals surface area (Å²) in [6, 6.07) is 0.215. The molecule has 0 heterocycles. The monoisotopic (exact) mass is 251 g/mol. The molecule has 1 atom stereocenters. The summed E-state index contributed by atoms with van der Waals surface area (Å²) in [4.78, 5) is 0. The van der Waals surface area contributed by atoms with Gasteiger partial charge in [0.25, 0.3) is 0 Å². The molecule has 5 heteroatoms. The molecule has 0 aromatic carbocycles. The molecule has 0 aliphatic carbocycles. The predicted octanol–water partition coefficient (Wildman–Crippen LogP) is 1.07. The lowest BCUT2D eigenvalue weighted by Crippen LogP contribution is -2.40. The molecule has 0 radical (unpaired) electrons. The van der Waals surface area contributed by atoms with Gasteiger partial charge in [-0.1, -0.05) is 13.8 Å². The van der Waals surface area contributed by atoms with E-state index in [9.17, 15) is 8.42 Å². The zero-order valence-corrected chi connectivity index (χ0v) is 11.8. The quantitative estimate of drug-likeness (QED) is 0.701. The van der Waals surface area contributed by atoms with E-state index in [1.165, 1.54) is 0 Å². The van der Waals surface area contributed by atoms with Crippen LogP contribution in [0.2, 0.25) is 0 Å². The molecule has 0 spiro atoms. The third-order valence-corrected chi connectivity index (χ3v) is 4.87. The van der Waals surface area contributed by atoms with E-state index in [0.717, 1.165) is 0 Å². The van der Waals surface area contributed by atoms with Crippen LogP contribution in [0.15, 0.2) is 0 Å². The first-order valence-corrected chi connectivity index (χ1v) is 7.46. The Hall–Kier alpha value is -0.130. The van der Waals surface area contributed by atoms with Crippen molar-refractivity contribution in [1.82, 2.24) is 5.32 Å². The van der Waals surface area contributed by atoms with Crippen LogP contribution < -0.4 is 5.32 Å². The highest BCUT2D eigenvalue weighted by molar-refractivity contribution is 7.92. The normalized spacial score (nSPS) is 14.7. The first-order chi connectivity index (χ1) is 7.31. The Morgan fingerprint density at radius 1 is 1.19 bits per heavy atom. The summed E-state index contributed by atoms with van der Waals surface area (Å²) in [7, 11) is -1.28. The number of hydrogen-bond acceptors (Lipinski definition) is 4. The summed E-state index contributed by atoms with van der Waals surface area (Å²) in [5.74, 6) is 0.624. The average molecular weight is 251 g/mol. The third-order valence-electron chi connectivity index (χ3n) is 2.66. The first-order valence-electron chi connectivity index (χ1n) is 5.75. The van der Waals surface area contributed by atoms with Crippen molar-refractivity contribution in [2.75, 3.05) is 26.0 Å². The molecular formula is C11H25NO3S. The van der Waals surface area contributed by atoms with Gasteiger partial charge in [0.1, 0.15) is 0 Å². The van der Waals surface area contributed by atoms with Gasteiger partial charge in [-0.3, -0.25) is 0 Å². The summed E-state index contributed by atoms with van der Waals surface area (Å²) in [6.45, 7) is 8.71. The zero-order chi connectivity index (χ0) is 12.8. The molecule has 0 aromatic rings. The smallest absolute Gasteiger partial charge is 0.153 e. The second-order valence-electron chi connectivity index (χ2n) is 4.68. The van der Waals surface area contributed by atoms with Crippen molar-refractivity contribution in [3.8, 4) is 0 Å². The Balaban J connectivity index is 4.04. The summed E-state index contributed by atoms with van der Waals surface area (Å²) in [5, 5.41) is 2.93. The van der Waals surface area contributed by atoms with Gasteiger partial charge in [0.15, 0.2) is 9.84 Å². The first kappa shape index (κ1) is 15.9.